The summed E-state index contributed by atoms with van der Waals surface area (Å²) in [6.45, 7) is 10.3. The zero-order valence-electron chi connectivity index (χ0n) is 22.1. The second-order valence-electron chi connectivity index (χ2n) is 11.3. The molecule has 0 aromatic heterocycles. The smallest absolute Gasteiger partial charge is 0.227 e. The lowest BCUT2D eigenvalue weighted by Gasteiger charge is -2.28. The average molecular weight is 510 g/mol. The third-order valence-electron chi connectivity index (χ3n) is 7.85. The molecule has 3 heterocycles. The molecule has 0 radical (unpaired) electrons. The number of hydrogen-bond acceptors (Lipinski definition) is 4. The van der Waals surface area contributed by atoms with Crippen LogP contribution in [0.4, 0.5) is 5.69 Å². The molecule has 1 amide bonds. The van der Waals surface area contributed by atoms with Crippen LogP contribution in [0.25, 0.3) is 0 Å². The Morgan fingerprint density at radius 1 is 1.17 bits per heavy atom. The molecule has 5 nitrogen and oxygen atoms in total. The van der Waals surface area contributed by atoms with Crippen LogP contribution in [0.15, 0.2) is 30.3 Å². The first kappa shape index (κ1) is 25.4. The maximum absolute atomic E-state index is 13.8. The Kier molecular flexibility index (Phi) is 7.78. The van der Waals surface area contributed by atoms with Crippen molar-refractivity contribution in [3.8, 4) is 5.75 Å². The second kappa shape index (κ2) is 11.0. The molecular formula is C30H40ClN3O2. The summed E-state index contributed by atoms with van der Waals surface area (Å²) in [5.74, 6) is 1.58. The van der Waals surface area contributed by atoms with E-state index in [2.05, 4.69) is 59.9 Å². The van der Waals surface area contributed by atoms with Crippen molar-refractivity contribution in [2.75, 3.05) is 44.7 Å². The molecule has 3 aliphatic rings. The molecule has 1 atom stereocenters. The summed E-state index contributed by atoms with van der Waals surface area (Å²) in [7, 11) is 2.19. The molecule has 36 heavy (non-hydrogen) atoms. The number of likely N-dealkylation sites (N-methyl/N-ethyl adjacent to an activating group) is 1. The first-order valence-corrected chi connectivity index (χ1v) is 14.0. The van der Waals surface area contributed by atoms with Crippen LogP contribution in [0.1, 0.15) is 55.4 Å². The van der Waals surface area contributed by atoms with Gasteiger partial charge in [0.15, 0.2) is 0 Å². The summed E-state index contributed by atoms with van der Waals surface area (Å²) in [6.07, 6.45) is 5.20. The molecule has 0 N–H and O–H groups in total. The summed E-state index contributed by atoms with van der Waals surface area (Å²) in [5.41, 5.74) is 6.53. The Bertz CT molecular complexity index is 1100. The van der Waals surface area contributed by atoms with Crippen LogP contribution in [0.3, 0.4) is 0 Å². The predicted molar refractivity (Wildman–Crippen MR) is 147 cm³/mol. The summed E-state index contributed by atoms with van der Waals surface area (Å²) < 4.78 is 5.91. The number of carbonyl (C=O) groups excluding carboxylic acids is 1. The zero-order valence-corrected chi connectivity index (χ0v) is 22.8. The highest BCUT2D eigenvalue weighted by Crippen LogP contribution is 2.35. The van der Waals surface area contributed by atoms with E-state index in [9.17, 15) is 4.79 Å². The van der Waals surface area contributed by atoms with E-state index in [0.29, 0.717) is 17.5 Å². The number of amides is 1. The number of ether oxygens (including phenoxy) is 1. The number of anilines is 1. The average Bonchev–Trinajstić information content (AvgIpc) is 3.38. The van der Waals surface area contributed by atoms with Crippen LogP contribution in [0.2, 0.25) is 5.02 Å². The van der Waals surface area contributed by atoms with E-state index >= 15 is 0 Å². The molecule has 0 bridgehead atoms. The molecule has 1 unspecified atom stereocenters. The summed E-state index contributed by atoms with van der Waals surface area (Å²) in [4.78, 5) is 20.7. The van der Waals surface area contributed by atoms with Crippen LogP contribution in [0.5, 0.6) is 5.75 Å². The largest absolute Gasteiger partial charge is 0.492 e. The lowest BCUT2D eigenvalue weighted by atomic mass is 10.0. The monoisotopic (exact) mass is 509 g/mol. The van der Waals surface area contributed by atoms with Gasteiger partial charge in [0.1, 0.15) is 5.75 Å². The number of benzene rings is 2. The lowest BCUT2D eigenvalue weighted by molar-refractivity contribution is -0.136. The molecule has 1 fully saturated rings. The molecule has 3 aliphatic heterocycles. The molecule has 0 spiro atoms. The summed E-state index contributed by atoms with van der Waals surface area (Å²) in [6, 6.07) is 10.9. The minimum Gasteiger partial charge on any atom is -0.492 e. The van der Waals surface area contributed by atoms with Gasteiger partial charge in [-0.25, -0.2) is 0 Å². The predicted octanol–water partition coefficient (Wildman–Crippen LogP) is 5.55. The lowest BCUT2D eigenvalue weighted by Crippen LogP contribution is -2.39. The molecule has 2 aromatic rings. The van der Waals surface area contributed by atoms with Crippen molar-refractivity contribution in [3.63, 3.8) is 0 Å². The quantitative estimate of drug-likeness (QED) is 0.490. The van der Waals surface area contributed by atoms with E-state index in [0.717, 1.165) is 82.7 Å². The van der Waals surface area contributed by atoms with Gasteiger partial charge in [-0.2, -0.15) is 0 Å². The van der Waals surface area contributed by atoms with Crippen molar-refractivity contribution in [1.82, 2.24) is 9.80 Å². The number of rotatable bonds is 7. The van der Waals surface area contributed by atoms with Gasteiger partial charge in [-0.3, -0.25) is 9.69 Å². The van der Waals surface area contributed by atoms with Crippen LogP contribution >= 0.6 is 11.6 Å². The Balaban J connectivity index is 1.27. The molecule has 2 aromatic carbocycles. The molecule has 194 valence electrons. The van der Waals surface area contributed by atoms with E-state index in [4.69, 9.17) is 16.3 Å². The van der Waals surface area contributed by atoms with Crippen molar-refractivity contribution in [3.05, 3.63) is 57.6 Å². The summed E-state index contributed by atoms with van der Waals surface area (Å²) in [5, 5.41) is 0.675. The molecule has 0 aliphatic carbocycles. The normalized spacial score (nSPS) is 19.7. The van der Waals surface area contributed by atoms with Gasteiger partial charge in [0.05, 0.1) is 17.5 Å². The van der Waals surface area contributed by atoms with Gasteiger partial charge in [0, 0.05) is 45.5 Å². The SMILES string of the molecule is CC(C)CN(Cc1cc(Cl)c2c(c1)CCCCO2)C(=O)C1CCN(Cc2cccc3c2N(C)CC3)C1. The Hall–Kier alpha value is -2.24. The molecule has 0 saturated carbocycles. The van der Waals surface area contributed by atoms with Crippen molar-refractivity contribution < 1.29 is 9.53 Å². The highest BCUT2D eigenvalue weighted by molar-refractivity contribution is 6.32. The van der Waals surface area contributed by atoms with Gasteiger partial charge in [0.25, 0.3) is 0 Å². The fourth-order valence-electron chi connectivity index (χ4n) is 6.18. The van der Waals surface area contributed by atoms with Crippen molar-refractivity contribution in [1.29, 1.82) is 0 Å². The first-order chi connectivity index (χ1) is 17.4. The van der Waals surface area contributed by atoms with Gasteiger partial charge < -0.3 is 14.5 Å². The first-order valence-electron chi connectivity index (χ1n) is 13.7. The number of para-hydroxylation sites is 1. The van der Waals surface area contributed by atoms with Crippen molar-refractivity contribution >= 4 is 23.2 Å². The van der Waals surface area contributed by atoms with Gasteiger partial charge in [-0.1, -0.05) is 49.7 Å². The second-order valence-corrected chi connectivity index (χ2v) is 11.7. The number of likely N-dealkylation sites (tertiary alicyclic amines) is 1. The Morgan fingerprint density at radius 2 is 2.03 bits per heavy atom. The van der Waals surface area contributed by atoms with Gasteiger partial charge >= 0.3 is 0 Å². The fraction of sp³-hybridized carbons (Fsp3) is 0.567. The number of nitrogens with zero attached hydrogens (tertiary/aromatic N) is 3. The molecule has 6 heteroatoms. The molecule has 5 rings (SSSR count). The maximum Gasteiger partial charge on any atom is 0.227 e. The van der Waals surface area contributed by atoms with Crippen molar-refractivity contribution in [2.45, 2.75) is 59.0 Å². The van der Waals surface area contributed by atoms with Gasteiger partial charge in [0.2, 0.25) is 5.91 Å². The number of fused-ring (bicyclic) bond motifs is 2. The van der Waals surface area contributed by atoms with E-state index in [1.165, 1.54) is 22.4 Å². The van der Waals surface area contributed by atoms with Gasteiger partial charge in [-0.05, 0) is 72.9 Å². The van der Waals surface area contributed by atoms with Crippen LogP contribution in [-0.4, -0.2) is 55.5 Å². The van der Waals surface area contributed by atoms with E-state index in [1.807, 2.05) is 6.07 Å². The molecular weight excluding hydrogens is 470 g/mol. The summed E-state index contributed by atoms with van der Waals surface area (Å²) >= 11 is 6.62. The third-order valence-corrected chi connectivity index (χ3v) is 8.14. The maximum atomic E-state index is 13.8. The van der Waals surface area contributed by atoms with Crippen LogP contribution in [-0.2, 0) is 30.7 Å². The number of aryl methyl sites for hydroxylation is 1. The standard InChI is InChI=1S/C30H40ClN3O2/c1-21(2)17-34(18-22-15-24-7-4-5-14-36-29(24)27(31)16-22)30(35)26-11-13-33(20-26)19-25-9-6-8-23-10-12-32(3)28(23)25/h6,8-9,15-16,21,26H,4-5,7,10-14,17-20H2,1-3H3. The Morgan fingerprint density at radius 3 is 2.86 bits per heavy atom. The zero-order chi connectivity index (χ0) is 25.2. The van der Waals surface area contributed by atoms with Gasteiger partial charge in [-0.15, -0.1) is 0 Å². The van der Waals surface area contributed by atoms with E-state index in [-0.39, 0.29) is 11.8 Å². The Labute approximate surface area is 221 Å². The minimum atomic E-state index is 0.0536. The van der Waals surface area contributed by atoms with E-state index < -0.39 is 0 Å². The highest BCUT2D eigenvalue weighted by atomic mass is 35.5. The minimum absolute atomic E-state index is 0.0536. The van der Waals surface area contributed by atoms with E-state index in [1.54, 1.807) is 0 Å². The van der Waals surface area contributed by atoms with Crippen molar-refractivity contribution in [2.24, 2.45) is 11.8 Å². The third kappa shape index (κ3) is 5.52. The fourth-order valence-corrected chi connectivity index (χ4v) is 6.49. The highest BCUT2D eigenvalue weighted by Gasteiger charge is 2.33. The molecule has 1 saturated heterocycles. The number of hydrogen-bond donors (Lipinski definition) is 0. The topological polar surface area (TPSA) is 36.0 Å². The van der Waals surface area contributed by atoms with Crippen LogP contribution in [0, 0.1) is 11.8 Å². The van der Waals surface area contributed by atoms with Crippen LogP contribution < -0.4 is 9.64 Å². The number of halogens is 1. The number of carbonyl (C=O) groups is 1.